The second-order valence-electron chi connectivity index (χ2n) is 2.08. The topological polar surface area (TPSA) is 43.1 Å². The fraction of sp³-hybridized carbons (Fsp3) is 1.00. The van der Waals surface area contributed by atoms with Crippen LogP contribution in [0.15, 0.2) is 0 Å². The summed E-state index contributed by atoms with van der Waals surface area (Å²) < 4.78 is 0. The van der Waals surface area contributed by atoms with Gasteiger partial charge in [-0.05, 0) is 0 Å². The smallest absolute Gasteiger partial charge is 0.229 e. The van der Waals surface area contributed by atoms with Gasteiger partial charge in [0, 0.05) is 10.8 Å². The van der Waals surface area contributed by atoms with Gasteiger partial charge in [-0.15, -0.1) is 0 Å². The minimum Gasteiger partial charge on any atom is -0.264 e. The van der Waals surface area contributed by atoms with Gasteiger partial charge in [0.2, 0.25) is 6.04 Å². The van der Waals surface area contributed by atoms with Crippen molar-refractivity contribution in [2.75, 3.05) is 0 Å². The van der Waals surface area contributed by atoms with E-state index in [0.29, 0.717) is 0 Å². The molecule has 0 aromatic rings. The Morgan fingerprint density at radius 1 is 1.75 bits per heavy atom. The predicted molar refractivity (Wildman–Crippen MR) is 32.7 cm³/mol. The second-order valence-corrected chi connectivity index (χ2v) is 3.14. The fourth-order valence-electron chi connectivity index (χ4n) is 0.702. The summed E-state index contributed by atoms with van der Waals surface area (Å²) in [5.41, 5.74) is 0. The van der Waals surface area contributed by atoms with E-state index in [1.807, 2.05) is 6.92 Å². The summed E-state index contributed by atoms with van der Waals surface area (Å²) in [6, 6.07) is -0.324. The van der Waals surface area contributed by atoms with Crippen LogP contribution in [0.1, 0.15) is 6.92 Å². The molecule has 0 radical (unpaired) electrons. The van der Waals surface area contributed by atoms with Gasteiger partial charge in [0.1, 0.15) is 0 Å². The van der Waals surface area contributed by atoms with Gasteiger partial charge in [-0.2, -0.15) is 0 Å². The van der Waals surface area contributed by atoms with E-state index >= 15 is 0 Å². The lowest BCUT2D eigenvalue weighted by Gasteiger charge is -1.81. The van der Waals surface area contributed by atoms with E-state index in [2.05, 4.69) is 15.9 Å². The molecule has 1 fully saturated rings. The molecule has 3 atom stereocenters. The van der Waals surface area contributed by atoms with Crippen molar-refractivity contribution in [1.82, 2.24) is 0 Å². The normalized spacial score (nSPS) is 44.0. The van der Waals surface area contributed by atoms with Gasteiger partial charge >= 0.3 is 0 Å². The number of rotatable bonds is 1. The van der Waals surface area contributed by atoms with Crippen molar-refractivity contribution in [3.05, 3.63) is 10.1 Å². The molecule has 46 valence electrons. The van der Waals surface area contributed by atoms with Crippen molar-refractivity contribution in [2.24, 2.45) is 5.92 Å². The molecule has 8 heavy (non-hydrogen) atoms. The first-order chi connectivity index (χ1) is 3.64. The van der Waals surface area contributed by atoms with E-state index in [0.717, 1.165) is 0 Å². The highest BCUT2D eigenvalue weighted by Crippen LogP contribution is 2.39. The summed E-state index contributed by atoms with van der Waals surface area (Å²) in [5, 5.41) is 9.96. The van der Waals surface area contributed by atoms with Crippen LogP contribution in [0.5, 0.6) is 0 Å². The maximum atomic E-state index is 9.96. The van der Waals surface area contributed by atoms with Gasteiger partial charge < -0.3 is 0 Å². The number of hydrogen-bond donors (Lipinski definition) is 0. The largest absolute Gasteiger partial charge is 0.264 e. The summed E-state index contributed by atoms with van der Waals surface area (Å²) in [5.74, 6) is 0.227. The van der Waals surface area contributed by atoms with E-state index < -0.39 is 0 Å². The maximum Gasteiger partial charge on any atom is 0.229 e. The van der Waals surface area contributed by atoms with Crippen LogP contribution in [0.25, 0.3) is 0 Å². The molecule has 0 aromatic carbocycles. The molecule has 0 unspecified atom stereocenters. The highest BCUT2D eigenvalue weighted by Gasteiger charge is 2.55. The molecule has 0 heterocycles. The molecule has 0 bridgehead atoms. The third kappa shape index (κ3) is 0.727. The van der Waals surface area contributed by atoms with Gasteiger partial charge in [-0.3, -0.25) is 10.1 Å². The van der Waals surface area contributed by atoms with Crippen molar-refractivity contribution in [2.45, 2.75) is 17.8 Å². The Labute approximate surface area is 55.3 Å². The van der Waals surface area contributed by atoms with Crippen LogP contribution in [0.2, 0.25) is 0 Å². The van der Waals surface area contributed by atoms with Crippen LogP contribution in [0.4, 0.5) is 0 Å². The second kappa shape index (κ2) is 1.69. The van der Waals surface area contributed by atoms with Crippen molar-refractivity contribution in [3.63, 3.8) is 0 Å². The fourth-order valence-corrected chi connectivity index (χ4v) is 1.51. The van der Waals surface area contributed by atoms with Crippen LogP contribution in [0, 0.1) is 16.0 Å². The molecular weight excluding hydrogens is 174 g/mol. The zero-order valence-electron chi connectivity index (χ0n) is 4.37. The molecule has 1 saturated carbocycles. The molecule has 3 nitrogen and oxygen atoms in total. The zero-order chi connectivity index (χ0) is 6.31. The average Bonchev–Trinajstić information content (AvgIpc) is 2.15. The van der Waals surface area contributed by atoms with Crippen LogP contribution in [-0.2, 0) is 0 Å². The summed E-state index contributed by atoms with van der Waals surface area (Å²) in [6.45, 7) is 1.87. The Morgan fingerprint density at radius 3 is 2.12 bits per heavy atom. The Kier molecular flexibility index (Phi) is 1.27. The van der Waals surface area contributed by atoms with Crippen molar-refractivity contribution in [3.8, 4) is 0 Å². The minimum absolute atomic E-state index is 0.123. The van der Waals surface area contributed by atoms with Crippen LogP contribution in [0.3, 0.4) is 0 Å². The van der Waals surface area contributed by atoms with Gasteiger partial charge in [0.25, 0.3) is 0 Å². The average molecular weight is 180 g/mol. The summed E-state index contributed by atoms with van der Waals surface area (Å²) in [4.78, 5) is 9.85. The highest BCUT2D eigenvalue weighted by molar-refractivity contribution is 9.09. The van der Waals surface area contributed by atoms with E-state index in [1.54, 1.807) is 0 Å². The molecule has 0 saturated heterocycles. The van der Waals surface area contributed by atoms with E-state index in [1.165, 1.54) is 0 Å². The van der Waals surface area contributed by atoms with Gasteiger partial charge in [0.15, 0.2) is 0 Å². The molecule has 1 aliphatic carbocycles. The quantitative estimate of drug-likeness (QED) is 0.343. The lowest BCUT2D eigenvalue weighted by atomic mass is 10.5. The third-order valence-electron chi connectivity index (χ3n) is 1.47. The number of nitrogens with zero attached hydrogens (tertiary/aromatic N) is 1. The summed E-state index contributed by atoms with van der Waals surface area (Å²) in [7, 11) is 0. The van der Waals surface area contributed by atoms with Crippen molar-refractivity contribution in [1.29, 1.82) is 0 Å². The Hall–Kier alpha value is -0.120. The molecule has 0 N–H and O–H groups in total. The number of halogens is 1. The maximum absolute atomic E-state index is 9.96. The van der Waals surface area contributed by atoms with Crippen molar-refractivity contribution >= 4 is 15.9 Å². The Balaban J connectivity index is 2.44. The summed E-state index contributed by atoms with van der Waals surface area (Å²) in [6.07, 6.45) is 0. The van der Waals surface area contributed by atoms with Gasteiger partial charge in [-0.25, -0.2) is 0 Å². The minimum atomic E-state index is -0.324. The van der Waals surface area contributed by atoms with Crippen LogP contribution in [-0.4, -0.2) is 15.8 Å². The number of hydrogen-bond acceptors (Lipinski definition) is 2. The lowest BCUT2D eigenvalue weighted by Crippen LogP contribution is -2.03. The SMILES string of the molecule is C[C@@H]1[C@H](Br)[C@@H]1[N+](=O)[O-]. The monoisotopic (exact) mass is 179 g/mol. The first-order valence-electron chi connectivity index (χ1n) is 2.42. The molecule has 1 aliphatic rings. The molecule has 0 amide bonds. The molecule has 0 aromatic heterocycles. The molecular formula is C4H6BrNO2. The highest BCUT2D eigenvalue weighted by atomic mass is 79.9. The predicted octanol–water partition coefficient (Wildman–Crippen LogP) is 1.04. The molecule has 4 heteroatoms. The lowest BCUT2D eigenvalue weighted by molar-refractivity contribution is -0.497. The zero-order valence-corrected chi connectivity index (χ0v) is 5.96. The molecule has 0 aliphatic heterocycles. The number of nitro groups is 1. The van der Waals surface area contributed by atoms with E-state index in [-0.39, 0.29) is 21.7 Å². The van der Waals surface area contributed by atoms with Crippen LogP contribution < -0.4 is 0 Å². The molecule has 0 spiro atoms. The van der Waals surface area contributed by atoms with Crippen LogP contribution >= 0.6 is 15.9 Å². The standard InChI is InChI=1S/C4H6BrNO2/c1-2-3(5)4(2)6(7)8/h2-4H,1H3/t2-,3+,4-/m1/s1. The Morgan fingerprint density at radius 2 is 2.12 bits per heavy atom. The first-order valence-corrected chi connectivity index (χ1v) is 3.33. The van der Waals surface area contributed by atoms with E-state index in [4.69, 9.17) is 0 Å². The van der Waals surface area contributed by atoms with Crippen molar-refractivity contribution < 1.29 is 4.92 Å². The first kappa shape index (κ1) is 6.01. The molecule has 1 rings (SSSR count). The van der Waals surface area contributed by atoms with E-state index in [9.17, 15) is 10.1 Å². The third-order valence-corrected chi connectivity index (χ3v) is 2.85. The number of alkyl halides is 1. The van der Waals surface area contributed by atoms with Gasteiger partial charge in [-0.1, -0.05) is 22.9 Å². The van der Waals surface area contributed by atoms with Gasteiger partial charge in [0.05, 0.1) is 4.83 Å². The Bertz CT molecular complexity index is 119. The summed E-state index contributed by atoms with van der Waals surface area (Å²) >= 11 is 3.17.